The summed E-state index contributed by atoms with van der Waals surface area (Å²) in [5.41, 5.74) is 7.18. The van der Waals surface area contributed by atoms with Gasteiger partial charge in [0.25, 0.3) is 0 Å². The quantitative estimate of drug-likeness (QED) is 0.773. The number of carbonyl (C=O) groups is 1. The number of nitrogens with two attached hydrogens (primary N) is 1. The van der Waals surface area contributed by atoms with Gasteiger partial charge in [-0.15, -0.1) is 0 Å². The van der Waals surface area contributed by atoms with Crippen molar-refractivity contribution in [2.24, 2.45) is 0 Å². The molecule has 0 aromatic heterocycles. The maximum atomic E-state index is 13.7. The van der Waals surface area contributed by atoms with E-state index >= 15 is 0 Å². The van der Waals surface area contributed by atoms with Crippen molar-refractivity contribution in [3.05, 3.63) is 23.5 Å². The molecule has 18 heavy (non-hydrogen) atoms. The summed E-state index contributed by atoms with van der Waals surface area (Å²) in [6.45, 7) is 0. The van der Waals surface area contributed by atoms with Gasteiger partial charge < -0.3 is 10.6 Å². The van der Waals surface area contributed by atoms with E-state index in [4.69, 9.17) is 5.73 Å². The van der Waals surface area contributed by atoms with E-state index < -0.39 is 5.82 Å². The van der Waals surface area contributed by atoms with Crippen LogP contribution in [-0.4, -0.2) is 11.9 Å². The predicted molar refractivity (Wildman–Crippen MR) is 66.8 cm³/mol. The maximum Gasteiger partial charge on any atom is 0.237 e. The Bertz CT molecular complexity index is 561. The van der Waals surface area contributed by atoms with Gasteiger partial charge in [-0.25, -0.2) is 4.39 Å². The molecule has 1 spiro atoms. The number of nitrogens with zero attached hydrogens (tertiary/aromatic N) is 1. The molecule has 3 aliphatic rings. The Morgan fingerprint density at radius 2 is 2.06 bits per heavy atom. The number of hydrogen-bond donors (Lipinski definition) is 1. The van der Waals surface area contributed by atoms with Gasteiger partial charge in [0, 0.05) is 12.1 Å². The van der Waals surface area contributed by atoms with E-state index in [1.54, 1.807) is 6.07 Å². The third-order valence-corrected chi connectivity index (χ3v) is 4.71. The zero-order valence-corrected chi connectivity index (χ0v) is 10.1. The van der Waals surface area contributed by atoms with Crippen molar-refractivity contribution in [2.75, 3.05) is 10.6 Å². The Morgan fingerprint density at radius 1 is 1.33 bits per heavy atom. The Labute approximate surface area is 105 Å². The maximum absolute atomic E-state index is 13.7. The summed E-state index contributed by atoms with van der Waals surface area (Å²) in [7, 11) is 0. The van der Waals surface area contributed by atoms with E-state index in [1.807, 2.05) is 4.90 Å². The van der Waals surface area contributed by atoms with Crippen LogP contribution in [0.3, 0.4) is 0 Å². The lowest BCUT2D eigenvalue weighted by Crippen LogP contribution is -2.44. The number of halogens is 1. The number of anilines is 2. The molecular weight excluding hydrogens is 231 g/mol. The van der Waals surface area contributed by atoms with Gasteiger partial charge >= 0.3 is 0 Å². The number of amides is 1. The molecule has 1 amide bonds. The third-order valence-electron chi connectivity index (χ3n) is 4.71. The SMILES string of the molecule is Nc1cc2c(cc1F)N(C1CCC1)C(=O)C21CC1. The molecule has 0 bridgehead atoms. The normalized spacial score (nSPS) is 24.3. The first-order valence-electron chi connectivity index (χ1n) is 6.57. The van der Waals surface area contributed by atoms with Crippen LogP contribution in [0.25, 0.3) is 0 Å². The van der Waals surface area contributed by atoms with Crippen LogP contribution in [0.1, 0.15) is 37.7 Å². The minimum atomic E-state index is -0.413. The second-order valence-corrected chi connectivity index (χ2v) is 5.73. The number of nitrogen functional groups attached to an aromatic ring is 1. The molecular formula is C14H15FN2O. The molecule has 0 saturated heterocycles. The molecule has 1 aliphatic heterocycles. The van der Waals surface area contributed by atoms with Crippen LogP contribution in [0.15, 0.2) is 12.1 Å². The smallest absolute Gasteiger partial charge is 0.237 e. The van der Waals surface area contributed by atoms with E-state index in [9.17, 15) is 9.18 Å². The number of hydrogen-bond acceptors (Lipinski definition) is 2. The minimum absolute atomic E-state index is 0.156. The highest BCUT2D eigenvalue weighted by atomic mass is 19.1. The molecule has 94 valence electrons. The first kappa shape index (κ1) is 10.4. The van der Waals surface area contributed by atoms with Crippen molar-refractivity contribution >= 4 is 17.3 Å². The lowest BCUT2D eigenvalue weighted by atomic mass is 9.91. The lowest BCUT2D eigenvalue weighted by molar-refractivity contribution is -0.121. The molecule has 1 aromatic rings. The summed E-state index contributed by atoms with van der Waals surface area (Å²) in [4.78, 5) is 14.4. The number of rotatable bonds is 1. The molecule has 0 atom stereocenters. The van der Waals surface area contributed by atoms with Gasteiger partial charge in [0.15, 0.2) is 0 Å². The van der Waals surface area contributed by atoms with Gasteiger partial charge in [-0.05, 0) is 43.7 Å². The summed E-state index contributed by atoms with van der Waals surface area (Å²) < 4.78 is 13.7. The van der Waals surface area contributed by atoms with E-state index in [-0.39, 0.29) is 23.1 Å². The monoisotopic (exact) mass is 246 g/mol. The van der Waals surface area contributed by atoms with Crippen molar-refractivity contribution in [3.63, 3.8) is 0 Å². The van der Waals surface area contributed by atoms with Gasteiger partial charge in [-0.1, -0.05) is 0 Å². The summed E-state index contributed by atoms with van der Waals surface area (Å²) in [5.74, 6) is -0.240. The van der Waals surface area contributed by atoms with Gasteiger partial charge in [0.1, 0.15) is 5.82 Å². The first-order valence-corrected chi connectivity index (χ1v) is 6.57. The molecule has 4 rings (SSSR count). The van der Waals surface area contributed by atoms with Crippen LogP contribution in [0.2, 0.25) is 0 Å². The molecule has 2 N–H and O–H groups in total. The highest BCUT2D eigenvalue weighted by Crippen LogP contribution is 2.59. The van der Waals surface area contributed by atoms with Gasteiger partial charge in [0.05, 0.1) is 16.8 Å². The van der Waals surface area contributed by atoms with E-state index in [2.05, 4.69) is 0 Å². The molecule has 0 unspecified atom stereocenters. The van der Waals surface area contributed by atoms with Crippen LogP contribution in [-0.2, 0) is 10.2 Å². The highest BCUT2D eigenvalue weighted by molar-refractivity contribution is 6.11. The predicted octanol–water partition coefficient (Wildman–Crippen LogP) is 2.34. The van der Waals surface area contributed by atoms with Gasteiger partial charge in [-0.3, -0.25) is 4.79 Å². The van der Waals surface area contributed by atoms with E-state index in [0.717, 1.165) is 43.4 Å². The number of fused-ring (bicyclic) bond motifs is 2. The van der Waals surface area contributed by atoms with E-state index in [1.165, 1.54) is 6.07 Å². The van der Waals surface area contributed by atoms with Crippen LogP contribution >= 0.6 is 0 Å². The molecule has 2 saturated carbocycles. The van der Waals surface area contributed by atoms with Gasteiger partial charge in [-0.2, -0.15) is 0 Å². The third kappa shape index (κ3) is 1.06. The summed E-state index contributed by atoms with van der Waals surface area (Å²) >= 11 is 0. The Balaban J connectivity index is 1.90. The second-order valence-electron chi connectivity index (χ2n) is 5.73. The second kappa shape index (κ2) is 3.05. The largest absolute Gasteiger partial charge is 0.396 e. The van der Waals surface area contributed by atoms with Crippen LogP contribution in [0.5, 0.6) is 0 Å². The molecule has 2 aliphatic carbocycles. The molecule has 1 heterocycles. The average molecular weight is 246 g/mol. The standard InChI is InChI=1S/C14H15FN2O/c15-10-7-12-9(6-11(10)16)14(4-5-14)13(18)17(12)8-2-1-3-8/h6-8H,1-5,16H2. The molecule has 1 aromatic carbocycles. The molecule has 3 nitrogen and oxygen atoms in total. The van der Waals surface area contributed by atoms with E-state index in [0.29, 0.717) is 0 Å². The fourth-order valence-corrected chi connectivity index (χ4v) is 3.23. The van der Waals surface area contributed by atoms with Crippen molar-refractivity contribution < 1.29 is 9.18 Å². The van der Waals surface area contributed by atoms with Crippen molar-refractivity contribution in [2.45, 2.75) is 43.6 Å². The summed E-state index contributed by atoms with van der Waals surface area (Å²) in [6.07, 6.45) is 5.00. The van der Waals surface area contributed by atoms with Crippen LogP contribution in [0, 0.1) is 5.82 Å². The Morgan fingerprint density at radius 3 is 2.61 bits per heavy atom. The summed E-state index contributed by atoms with van der Waals surface area (Å²) in [5, 5.41) is 0. The van der Waals surface area contributed by atoms with Crippen LogP contribution in [0.4, 0.5) is 15.8 Å². The van der Waals surface area contributed by atoms with Crippen molar-refractivity contribution in [3.8, 4) is 0 Å². The molecule has 2 fully saturated rings. The Hall–Kier alpha value is -1.58. The lowest BCUT2D eigenvalue weighted by Gasteiger charge is -2.35. The van der Waals surface area contributed by atoms with Crippen molar-refractivity contribution in [1.29, 1.82) is 0 Å². The van der Waals surface area contributed by atoms with Gasteiger partial charge in [0.2, 0.25) is 5.91 Å². The van der Waals surface area contributed by atoms with Crippen molar-refractivity contribution in [1.82, 2.24) is 0 Å². The number of carbonyl (C=O) groups excluding carboxylic acids is 1. The summed E-state index contributed by atoms with van der Waals surface area (Å²) in [6, 6.07) is 3.40. The number of benzene rings is 1. The first-order chi connectivity index (χ1) is 8.63. The topological polar surface area (TPSA) is 46.3 Å². The minimum Gasteiger partial charge on any atom is -0.396 e. The zero-order chi connectivity index (χ0) is 12.5. The molecule has 0 radical (unpaired) electrons. The average Bonchev–Trinajstić information content (AvgIpc) is 3.03. The zero-order valence-electron chi connectivity index (χ0n) is 10.1. The fourth-order valence-electron chi connectivity index (χ4n) is 3.23. The Kier molecular flexibility index (Phi) is 1.75. The van der Waals surface area contributed by atoms with Crippen LogP contribution < -0.4 is 10.6 Å². The fraction of sp³-hybridized carbons (Fsp3) is 0.500. The highest BCUT2D eigenvalue weighted by Gasteiger charge is 2.60. The molecule has 4 heteroatoms.